The zero-order valence-corrected chi connectivity index (χ0v) is 13.0. The maximum absolute atomic E-state index is 12.4. The fourth-order valence-corrected chi connectivity index (χ4v) is 3.32. The number of rotatable bonds is 3. The molecule has 0 aliphatic carbocycles. The fourth-order valence-electron chi connectivity index (χ4n) is 2.63. The van der Waals surface area contributed by atoms with E-state index >= 15 is 0 Å². The minimum Gasteiger partial charge on any atom is -0.345 e. The molecule has 0 spiro atoms. The van der Waals surface area contributed by atoms with Crippen LogP contribution in [0.5, 0.6) is 0 Å². The molecule has 110 valence electrons. The number of aromatic nitrogens is 1. The summed E-state index contributed by atoms with van der Waals surface area (Å²) in [4.78, 5) is 20.9. The summed E-state index contributed by atoms with van der Waals surface area (Å²) in [6.45, 7) is 5.36. The summed E-state index contributed by atoms with van der Waals surface area (Å²) in [5, 5.41) is 3.05. The van der Waals surface area contributed by atoms with Crippen molar-refractivity contribution < 1.29 is 4.79 Å². The summed E-state index contributed by atoms with van der Waals surface area (Å²) < 4.78 is 0. The number of benzene rings is 1. The molecular formula is C16H19N3OS. The number of hydrogen-bond donors (Lipinski definition) is 0. The number of amides is 1. The van der Waals surface area contributed by atoms with E-state index in [1.165, 1.54) is 5.56 Å². The van der Waals surface area contributed by atoms with Crippen LogP contribution in [0, 0.1) is 6.92 Å². The van der Waals surface area contributed by atoms with Gasteiger partial charge in [0, 0.05) is 37.8 Å². The maximum Gasteiger partial charge on any atom is 0.227 e. The van der Waals surface area contributed by atoms with Gasteiger partial charge in [-0.1, -0.05) is 29.8 Å². The lowest BCUT2D eigenvalue weighted by Gasteiger charge is -2.34. The molecule has 21 heavy (non-hydrogen) atoms. The van der Waals surface area contributed by atoms with Gasteiger partial charge in [-0.3, -0.25) is 4.79 Å². The van der Waals surface area contributed by atoms with Gasteiger partial charge in [0.05, 0.1) is 6.42 Å². The second kappa shape index (κ2) is 6.26. The van der Waals surface area contributed by atoms with E-state index < -0.39 is 0 Å². The molecular weight excluding hydrogens is 282 g/mol. The van der Waals surface area contributed by atoms with Crippen LogP contribution in [0.4, 0.5) is 5.13 Å². The van der Waals surface area contributed by atoms with Crippen molar-refractivity contribution in [3.05, 3.63) is 47.0 Å². The Labute approximate surface area is 129 Å². The standard InChI is InChI=1S/C16H19N3OS/c1-13-3-2-4-14(11-13)12-15(20)18-6-8-19(9-7-18)16-17-5-10-21-16/h2-5,10-11H,6-9,12H2,1H3. The zero-order chi connectivity index (χ0) is 14.7. The van der Waals surface area contributed by atoms with Gasteiger partial charge >= 0.3 is 0 Å². The molecule has 3 rings (SSSR count). The number of hydrogen-bond acceptors (Lipinski definition) is 4. The van der Waals surface area contributed by atoms with Crippen molar-refractivity contribution in [3.8, 4) is 0 Å². The van der Waals surface area contributed by atoms with Crippen molar-refractivity contribution in [1.82, 2.24) is 9.88 Å². The molecule has 0 saturated carbocycles. The minimum absolute atomic E-state index is 0.222. The van der Waals surface area contributed by atoms with E-state index in [-0.39, 0.29) is 5.91 Å². The fraction of sp³-hybridized carbons (Fsp3) is 0.375. The molecule has 0 unspecified atom stereocenters. The maximum atomic E-state index is 12.4. The number of nitrogens with zero attached hydrogens (tertiary/aromatic N) is 3. The van der Waals surface area contributed by atoms with Gasteiger partial charge in [-0.05, 0) is 12.5 Å². The third-order valence-corrected chi connectivity index (χ3v) is 4.59. The number of aryl methyl sites for hydroxylation is 1. The molecule has 5 heteroatoms. The predicted molar refractivity (Wildman–Crippen MR) is 85.8 cm³/mol. The van der Waals surface area contributed by atoms with Crippen LogP contribution in [0.3, 0.4) is 0 Å². The number of piperazine rings is 1. The largest absolute Gasteiger partial charge is 0.345 e. The Balaban J connectivity index is 1.55. The number of carbonyl (C=O) groups excluding carboxylic acids is 1. The van der Waals surface area contributed by atoms with Crippen LogP contribution < -0.4 is 4.90 Å². The summed E-state index contributed by atoms with van der Waals surface area (Å²) in [5.74, 6) is 0.222. The van der Waals surface area contributed by atoms with Crippen molar-refractivity contribution in [2.45, 2.75) is 13.3 Å². The van der Waals surface area contributed by atoms with Crippen LogP contribution in [-0.2, 0) is 11.2 Å². The van der Waals surface area contributed by atoms with Crippen LogP contribution in [-0.4, -0.2) is 42.0 Å². The number of thiazole rings is 1. The molecule has 1 aromatic heterocycles. The molecule has 0 bridgehead atoms. The Morgan fingerprint density at radius 3 is 2.76 bits per heavy atom. The molecule has 0 N–H and O–H groups in total. The van der Waals surface area contributed by atoms with Gasteiger partial charge in [0.15, 0.2) is 5.13 Å². The quantitative estimate of drug-likeness (QED) is 0.873. The summed E-state index contributed by atoms with van der Waals surface area (Å²) in [5.41, 5.74) is 2.30. The highest BCUT2D eigenvalue weighted by Crippen LogP contribution is 2.19. The highest BCUT2D eigenvalue weighted by atomic mass is 32.1. The van der Waals surface area contributed by atoms with E-state index in [0.29, 0.717) is 6.42 Å². The average molecular weight is 301 g/mol. The molecule has 1 aromatic carbocycles. The number of carbonyl (C=O) groups is 1. The lowest BCUT2D eigenvalue weighted by atomic mass is 10.1. The van der Waals surface area contributed by atoms with Crippen molar-refractivity contribution >= 4 is 22.4 Å². The summed E-state index contributed by atoms with van der Waals surface area (Å²) in [6.07, 6.45) is 2.33. The molecule has 2 heterocycles. The molecule has 1 aliphatic rings. The highest BCUT2D eigenvalue weighted by molar-refractivity contribution is 7.13. The Bertz CT molecular complexity index is 604. The third kappa shape index (κ3) is 3.42. The second-order valence-electron chi connectivity index (χ2n) is 5.35. The molecule has 4 nitrogen and oxygen atoms in total. The van der Waals surface area contributed by atoms with Gasteiger partial charge in [0.2, 0.25) is 5.91 Å². The zero-order valence-electron chi connectivity index (χ0n) is 12.2. The van der Waals surface area contributed by atoms with Gasteiger partial charge in [-0.25, -0.2) is 4.98 Å². The Hall–Kier alpha value is -1.88. The monoisotopic (exact) mass is 301 g/mol. The van der Waals surface area contributed by atoms with Crippen molar-refractivity contribution in [1.29, 1.82) is 0 Å². The van der Waals surface area contributed by atoms with Crippen LogP contribution in [0.25, 0.3) is 0 Å². The van der Waals surface area contributed by atoms with E-state index in [1.54, 1.807) is 11.3 Å². The third-order valence-electron chi connectivity index (χ3n) is 3.76. The second-order valence-corrected chi connectivity index (χ2v) is 6.22. The van der Waals surface area contributed by atoms with Crippen LogP contribution in [0.1, 0.15) is 11.1 Å². The van der Waals surface area contributed by atoms with E-state index in [4.69, 9.17) is 0 Å². The molecule has 1 aliphatic heterocycles. The molecule has 2 aromatic rings. The Kier molecular flexibility index (Phi) is 4.20. The SMILES string of the molecule is Cc1cccc(CC(=O)N2CCN(c3nccs3)CC2)c1. The van der Waals surface area contributed by atoms with Crippen molar-refractivity contribution in [3.63, 3.8) is 0 Å². The summed E-state index contributed by atoms with van der Waals surface area (Å²) in [7, 11) is 0. The van der Waals surface area contributed by atoms with E-state index in [0.717, 1.165) is 36.9 Å². The van der Waals surface area contributed by atoms with Crippen LogP contribution in [0.2, 0.25) is 0 Å². The smallest absolute Gasteiger partial charge is 0.227 e. The molecule has 1 fully saturated rings. The van der Waals surface area contributed by atoms with Crippen molar-refractivity contribution in [2.24, 2.45) is 0 Å². The van der Waals surface area contributed by atoms with Gasteiger partial charge in [0.25, 0.3) is 0 Å². The predicted octanol–water partition coefficient (Wildman–Crippen LogP) is 2.34. The first kappa shape index (κ1) is 14.1. The van der Waals surface area contributed by atoms with Crippen molar-refractivity contribution in [2.75, 3.05) is 31.1 Å². The topological polar surface area (TPSA) is 36.4 Å². The molecule has 0 radical (unpaired) electrons. The number of anilines is 1. The first-order valence-electron chi connectivity index (χ1n) is 7.20. The first-order valence-corrected chi connectivity index (χ1v) is 8.08. The summed E-state index contributed by atoms with van der Waals surface area (Å²) >= 11 is 1.65. The average Bonchev–Trinajstić information content (AvgIpc) is 3.01. The lowest BCUT2D eigenvalue weighted by molar-refractivity contribution is -0.130. The Morgan fingerprint density at radius 2 is 2.10 bits per heavy atom. The van der Waals surface area contributed by atoms with E-state index in [1.807, 2.05) is 28.6 Å². The summed E-state index contributed by atoms with van der Waals surface area (Å²) in [6, 6.07) is 8.18. The van der Waals surface area contributed by atoms with Gasteiger partial charge in [-0.2, -0.15) is 0 Å². The molecule has 1 amide bonds. The molecule has 0 atom stereocenters. The minimum atomic E-state index is 0.222. The van der Waals surface area contributed by atoms with Gasteiger partial charge in [-0.15, -0.1) is 11.3 Å². The molecule has 1 saturated heterocycles. The lowest BCUT2D eigenvalue weighted by Crippen LogP contribution is -2.49. The first-order chi connectivity index (χ1) is 10.2. The highest BCUT2D eigenvalue weighted by Gasteiger charge is 2.22. The van der Waals surface area contributed by atoms with Gasteiger partial charge < -0.3 is 9.80 Å². The van der Waals surface area contributed by atoms with Gasteiger partial charge in [0.1, 0.15) is 0 Å². The Morgan fingerprint density at radius 1 is 1.29 bits per heavy atom. The van der Waals surface area contributed by atoms with E-state index in [9.17, 15) is 4.79 Å². The van der Waals surface area contributed by atoms with Crippen LogP contribution >= 0.6 is 11.3 Å². The van der Waals surface area contributed by atoms with E-state index in [2.05, 4.69) is 28.9 Å². The normalized spacial score (nSPS) is 15.3. The van der Waals surface area contributed by atoms with Crippen LogP contribution in [0.15, 0.2) is 35.8 Å².